The Balaban J connectivity index is 2.18. The van der Waals surface area contributed by atoms with Crippen molar-refractivity contribution >= 4 is 37.5 Å². The number of nitrogens with one attached hydrogen (secondary N) is 1. The summed E-state index contributed by atoms with van der Waals surface area (Å²) in [7, 11) is -1.81. The number of aliphatic imine (C=N–C) groups is 1. The third-order valence-electron chi connectivity index (χ3n) is 2.89. The zero-order valence-electron chi connectivity index (χ0n) is 11.3. The van der Waals surface area contributed by atoms with Gasteiger partial charge < -0.3 is 10.1 Å². The number of ether oxygens (including phenoxy) is 1. The van der Waals surface area contributed by atoms with Gasteiger partial charge in [-0.15, -0.1) is 0 Å². The monoisotopic (exact) mass is 361 g/mol. The number of anilines is 1. The van der Waals surface area contributed by atoms with Crippen molar-refractivity contribution in [1.82, 2.24) is 5.32 Å². The second-order valence-electron chi connectivity index (χ2n) is 4.36. The fourth-order valence-corrected chi connectivity index (χ4v) is 2.99. The number of benzene rings is 1. The van der Waals surface area contributed by atoms with Gasteiger partial charge >= 0.3 is 0 Å². The van der Waals surface area contributed by atoms with Crippen LogP contribution in [0.25, 0.3) is 0 Å². The number of halogens is 1. The van der Waals surface area contributed by atoms with Crippen molar-refractivity contribution in [3.63, 3.8) is 0 Å². The SMILES string of the molecule is CN(c1cccc(OCC2=NCCN2)c1Br)S(C)(=O)=O. The van der Waals surface area contributed by atoms with Crippen molar-refractivity contribution in [2.24, 2.45) is 4.99 Å². The van der Waals surface area contributed by atoms with Crippen LogP contribution in [0.2, 0.25) is 0 Å². The largest absolute Gasteiger partial charge is 0.484 e. The summed E-state index contributed by atoms with van der Waals surface area (Å²) in [5, 5.41) is 3.11. The molecule has 0 fully saturated rings. The highest BCUT2D eigenvalue weighted by atomic mass is 79.9. The average molecular weight is 362 g/mol. The summed E-state index contributed by atoms with van der Waals surface area (Å²) in [6, 6.07) is 5.24. The smallest absolute Gasteiger partial charge is 0.232 e. The number of amidine groups is 1. The maximum atomic E-state index is 11.6. The van der Waals surface area contributed by atoms with Crippen LogP contribution in [0.5, 0.6) is 5.75 Å². The van der Waals surface area contributed by atoms with Crippen molar-refractivity contribution in [3.05, 3.63) is 22.7 Å². The molecule has 1 aromatic carbocycles. The predicted molar refractivity (Wildman–Crippen MR) is 83.2 cm³/mol. The molecule has 1 heterocycles. The standard InChI is InChI=1S/C12H16BrN3O3S/c1-16(20(2,17)18)9-4-3-5-10(12(9)13)19-8-11-14-6-7-15-11/h3-5H,6-8H2,1-2H3,(H,14,15). The Morgan fingerprint density at radius 3 is 2.85 bits per heavy atom. The molecule has 8 heteroatoms. The topological polar surface area (TPSA) is 71.0 Å². The van der Waals surface area contributed by atoms with Crippen molar-refractivity contribution in [1.29, 1.82) is 0 Å². The Bertz CT molecular complexity index is 631. The predicted octanol–water partition coefficient (Wildman–Crippen LogP) is 1.23. The molecule has 0 saturated heterocycles. The van der Waals surface area contributed by atoms with Crippen molar-refractivity contribution in [2.75, 3.05) is 37.3 Å². The molecule has 2 rings (SSSR count). The van der Waals surface area contributed by atoms with Gasteiger partial charge in [-0.05, 0) is 28.1 Å². The van der Waals surface area contributed by atoms with Gasteiger partial charge in [0.25, 0.3) is 0 Å². The highest BCUT2D eigenvalue weighted by molar-refractivity contribution is 9.10. The van der Waals surface area contributed by atoms with E-state index in [9.17, 15) is 8.42 Å². The molecule has 1 aromatic rings. The van der Waals surface area contributed by atoms with Gasteiger partial charge in [0.1, 0.15) is 18.2 Å². The molecule has 0 radical (unpaired) electrons. The first-order chi connectivity index (χ1) is 9.39. The minimum atomic E-state index is -3.31. The first-order valence-corrected chi connectivity index (χ1v) is 8.66. The molecular formula is C12H16BrN3O3S. The lowest BCUT2D eigenvalue weighted by molar-refractivity contribution is 0.371. The van der Waals surface area contributed by atoms with E-state index < -0.39 is 10.0 Å². The van der Waals surface area contributed by atoms with Gasteiger partial charge in [0.2, 0.25) is 10.0 Å². The lowest BCUT2D eigenvalue weighted by Gasteiger charge is -2.19. The second-order valence-corrected chi connectivity index (χ2v) is 7.17. The van der Waals surface area contributed by atoms with Crippen LogP contribution in [-0.2, 0) is 10.0 Å². The molecular weight excluding hydrogens is 346 g/mol. The zero-order valence-corrected chi connectivity index (χ0v) is 13.7. The summed E-state index contributed by atoms with van der Waals surface area (Å²) in [5.41, 5.74) is 0.534. The summed E-state index contributed by atoms with van der Waals surface area (Å²) in [5.74, 6) is 1.38. The first-order valence-electron chi connectivity index (χ1n) is 6.02. The lowest BCUT2D eigenvalue weighted by atomic mass is 10.3. The van der Waals surface area contributed by atoms with Gasteiger partial charge in [-0.3, -0.25) is 9.30 Å². The Labute approximate surface area is 127 Å². The molecule has 110 valence electrons. The van der Waals surface area contributed by atoms with Gasteiger partial charge in [0, 0.05) is 13.6 Å². The van der Waals surface area contributed by atoms with Crippen LogP contribution < -0.4 is 14.4 Å². The van der Waals surface area contributed by atoms with E-state index in [-0.39, 0.29) is 0 Å². The molecule has 0 aromatic heterocycles. The normalized spacial score (nSPS) is 14.7. The van der Waals surface area contributed by atoms with E-state index >= 15 is 0 Å². The highest BCUT2D eigenvalue weighted by Gasteiger charge is 2.17. The molecule has 0 spiro atoms. The highest BCUT2D eigenvalue weighted by Crippen LogP contribution is 2.35. The third-order valence-corrected chi connectivity index (χ3v) is 4.88. The van der Waals surface area contributed by atoms with Crippen molar-refractivity contribution in [2.45, 2.75) is 0 Å². The number of nitrogens with zero attached hydrogens (tertiary/aromatic N) is 2. The van der Waals surface area contributed by atoms with E-state index in [1.807, 2.05) is 0 Å². The van der Waals surface area contributed by atoms with Gasteiger partial charge in [-0.2, -0.15) is 0 Å². The zero-order chi connectivity index (χ0) is 14.8. The molecule has 0 unspecified atom stereocenters. The summed E-state index contributed by atoms with van der Waals surface area (Å²) >= 11 is 3.39. The molecule has 0 atom stereocenters. The summed E-state index contributed by atoms with van der Waals surface area (Å²) in [6.07, 6.45) is 1.16. The summed E-state index contributed by atoms with van der Waals surface area (Å²) < 4.78 is 30.7. The van der Waals surface area contributed by atoms with E-state index in [1.54, 1.807) is 18.2 Å². The van der Waals surface area contributed by atoms with E-state index in [0.29, 0.717) is 22.5 Å². The summed E-state index contributed by atoms with van der Waals surface area (Å²) in [4.78, 5) is 4.24. The van der Waals surface area contributed by atoms with E-state index in [2.05, 4.69) is 26.2 Å². The molecule has 1 aliphatic rings. The van der Waals surface area contributed by atoms with Crippen LogP contribution in [0.4, 0.5) is 5.69 Å². The molecule has 1 aliphatic heterocycles. The fraction of sp³-hybridized carbons (Fsp3) is 0.417. The van der Waals surface area contributed by atoms with E-state index in [0.717, 1.165) is 25.2 Å². The van der Waals surface area contributed by atoms with Crippen molar-refractivity contribution < 1.29 is 13.2 Å². The van der Waals surface area contributed by atoms with Crippen LogP contribution >= 0.6 is 15.9 Å². The lowest BCUT2D eigenvalue weighted by Crippen LogP contribution is -2.26. The Morgan fingerprint density at radius 1 is 1.50 bits per heavy atom. The van der Waals surface area contributed by atoms with Crippen LogP contribution in [0.1, 0.15) is 0 Å². The minimum Gasteiger partial charge on any atom is -0.484 e. The maximum Gasteiger partial charge on any atom is 0.232 e. The van der Waals surface area contributed by atoms with Crippen molar-refractivity contribution in [3.8, 4) is 5.75 Å². The quantitative estimate of drug-likeness (QED) is 0.855. The molecule has 0 bridgehead atoms. The number of rotatable bonds is 5. The van der Waals surface area contributed by atoms with E-state index in [4.69, 9.17) is 4.74 Å². The maximum absolute atomic E-state index is 11.6. The Hall–Kier alpha value is -1.28. The van der Waals surface area contributed by atoms with Gasteiger partial charge in [0.05, 0.1) is 23.0 Å². The molecule has 0 amide bonds. The Kier molecular flexibility index (Phi) is 4.54. The van der Waals surface area contributed by atoms with Crippen LogP contribution in [0.15, 0.2) is 27.7 Å². The van der Waals surface area contributed by atoms with Gasteiger partial charge in [-0.1, -0.05) is 6.07 Å². The Morgan fingerprint density at radius 2 is 2.25 bits per heavy atom. The van der Waals surface area contributed by atoms with Crippen LogP contribution in [0, 0.1) is 0 Å². The number of hydrogen-bond donors (Lipinski definition) is 1. The average Bonchev–Trinajstić information content (AvgIpc) is 2.89. The summed E-state index contributed by atoms with van der Waals surface area (Å²) in [6.45, 7) is 1.93. The second kappa shape index (κ2) is 6.01. The number of hydrogen-bond acceptors (Lipinski definition) is 5. The van der Waals surface area contributed by atoms with Crippen LogP contribution in [-0.4, -0.2) is 47.3 Å². The number of sulfonamides is 1. The molecule has 1 N–H and O–H groups in total. The minimum absolute atomic E-state index is 0.338. The van der Waals surface area contributed by atoms with E-state index in [1.165, 1.54) is 11.4 Å². The van der Waals surface area contributed by atoms with Gasteiger partial charge in [-0.25, -0.2) is 8.42 Å². The molecule has 0 saturated carbocycles. The fourth-order valence-electron chi connectivity index (χ4n) is 1.72. The van der Waals surface area contributed by atoms with Gasteiger partial charge in [0.15, 0.2) is 0 Å². The molecule has 20 heavy (non-hydrogen) atoms. The van der Waals surface area contributed by atoms with Crippen LogP contribution in [0.3, 0.4) is 0 Å². The molecule has 0 aliphatic carbocycles. The molecule has 6 nitrogen and oxygen atoms in total. The first kappa shape index (κ1) is 15.1. The third kappa shape index (κ3) is 3.43.